The Kier molecular flexibility index (Phi) is 7.90. The topological polar surface area (TPSA) is 113 Å². The first kappa shape index (κ1) is 28.2. The van der Waals surface area contributed by atoms with Crippen LogP contribution in [0, 0.1) is 6.92 Å². The van der Waals surface area contributed by atoms with Gasteiger partial charge in [-0.1, -0.05) is 12.1 Å². The third-order valence-corrected chi connectivity index (χ3v) is 8.16. The van der Waals surface area contributed by atoms with E-state index in [0.717, 1.165) is 65.3 Å². The molecular formula is C33H38N6O3. The molecule has 42 heavy (non-hydrogen) atoms. The predicted molar refractivity (Wildman–Crippen MR) is 163 cm³/mol. The lowest BCUT2D eigenvalue weighted by molar-refractivity contribution is -0.00546. The lowest BCUT2D eigenvalue weighted by atomic mass is 9.83. The first-order chi connectivity index (χ1) is 20.3. The minimum absolute atomic E-state index is 0.151. The summed E-state index contributed by atoms with van der Waals surface area (Å²) < 4.78 is 5.88. The predicted octanol–water partition coefficient (Wildman–Crippen LogP) is 4.11. The van der Waals surface area contributed by atoms with Gasteiger partial charge in [-0.25, -0.2) is 9.97 Å². The number of carbonyl (C=O) groups is 1. The van der Waals surface area contributed by atoms with E-state index in [2.05, 4.69) is 34.4 Å². The van der Waals surface area contributed by atoms with E-state index in [4.69, 9.17) is 14.7 Å². The number of aromatic nitrogens is 3. The Balaban J connectivity index is 1.18. The molecule has 9 heteroatoms. The highest BCUT2D eigenvalue weighted by Gasteiger charge is 2.33. The Morgan fingerprint density at radius 1 is 1.10 bits per heavy atom. The number of β-amino-alcohol motifs (C(OH)–C–C–N with tert-alkyl or cyclic N) is 1. The monoisotopic (exact) mass is 566 g/mol. The summed E-state index contributed by atoms with van der Waals surface area (Å²) in [5, 5.41) is 18.4. The second kappa shape index (κ2) is 11.8. The second-order valence-corrected chi connectivity index (χ2v) is 11.6. The molecule has 3 aromatic heterocycles. The summed E-state index contributed by atoms with van der Waals surface area (Å²) in [4.78, 5) is 29.7. The highest BCUT2D eigenvalue weighted by molar-refractivity contribution is 5.94. The number of morpholine rings is 1. The number of aryl methyl sites for hydroxylation is 1. The number of fused-ring (bicyclic) bond motifs is 1. The lowest BCUT2D eigenvalue weighted by Gasteiger charge is -2.36. The van der Waals surface area contributed by atoms with Crippen molar-refractivity contribution in [2.45, 2.75) is 58.0 Å². The first-order valence-corrected chi connectivity index (χ1v) is 14.7. The molecule has 0 bridgehead atoms. The van der Waals surface area contributed by atoms with Crippen molar-refractivity contribution in [2.24, 2.45) is 0 Å². The van der Waals surface area contributed by atoms with E-state index in [-0.39, 0.29) is 24.7 Å². The summed E-state index contributed by atoms with van der Waals surface area (Å²) in [5.74, 6) is 0.709. The van der Waals surface area contributed by atoms with Gasteiger partial charge in [-0.05, 0) is 93.7 Å². The van der Waals surface area contributed by atoms with Gasteiger partial charge < -0.3 is 25.4 Å². The number of amides is 1. The Hall–Kier alpha value is -3.92. The van der Waals surface area contributed by atoms with E-state index in [1.165, 1.54) is 0 Å². The van der Waals surface area contributed by atoms with Crippen LogP contribution in [0.4, 0.5) is 5.82 Å². The Bertz CT molecular complexity index is 1590. The molecule has 5 heterocycles. The molecular weight excluding hydrogens is 528 g/mol. The van der Waals surface area contributed by atoms with Crippen molar-refractivity contribution in [3.05, 3.63) is 83.2 Å². The van der Waals surface area contributed by atoms with E-state index < -0.39 is 5.60 Å². The highest BCUT2D eigenvalue weighted by Crippen LogP contribution is 2.31. The number of piperidine rings is 1. The van der Waals surface area contributed by atoms with Crippen LogP contribution in [-0.2, 0) is 16.9 Å². The van der Waals surface area contributed by atoms with Gasteiger partial charge in [0.2, 0.25) is 0 Å². The number of nitrogens with zero attached hydrogens (tertiary/aromatic N) is 4. The van der Waals surface area contributed by atoms with Crippen molar-refractivity contribution in [3.63, 3.8) is 0 Å². The Morgan fingerprint density at radius 3 is 2.69 bits per heavy atom. The molecule has 218 valence electrons. The van der Waals surface area contributed by atoms with Crippen molar-refractivity contribution in [2.75, 3.05) is 31.1 Å². The van der Waals surface area contributed by atoms with E-state index >= 15 is 0 Å². The number of anilines is 1. The number of benzene rings is 1. The van der Waals surface area contributed by atoms with Crippen molar-refractivity contribution >= 4 is 22.6 Å². The minimum atomic E-state index is -0.963. The number of hydrogen-bond acceptors (Lipinski definition) is 8. The number of rotatable bonds is 6. The Labute approximate surface area is 246 Å². The molecule has 1 amide bonds. The summed E-state index contributed by atoms with van der Waals surface area (Å²) >= 11 is 0. The summed E-state index contributed by atoms with van der Waals surface area (Å²) in [6.45, 7) is 9.39. The van der Waals surface area contributed by atoms with Crippen molar-refractivity contribution in [1.82, 2.24) is 25.6 Å². The van der Waals surface area contributed by atoms with Gasteiger partial charge in [-0.2, -0.15) is 0 Å². The number of nitrogens with one attached hydrogen (secondary N) is 2. The van der Waals surface area contributed by atoms with E-state index in [0.29, 0.717) is 24.2 Å². The zero-order valence-corrected chi connectivity index (χ0v) is 24.4. The van der Waals surface area contributed by atoms with Gasteiger partial charge in [-0.15, -0.1) is 0 Å². The van der Waals surface area contributed by atoms with Gasteiger partial charge in [0.15, 0.2) is 0 Å². The first-order valence-electron chi connectivity index (χ1n) is 14.7. The van der Waals surface area contributed by atoms with Crippen LogP contribution in [-0.4, -0.2) is 64.4 Å². The molecule has 3 atom stereocenters. The van der Waals surface area contributed by atoms with Crippen molar-refractivity contribution < 1.29 is 14.6 Å². The van der Waals surface area contributed by atoms with Crippen LogP contribution in [0.2, 0.25) is 0 Å². The third kappa shape index (κ3) is 5.99. The van der Waals surface area contributed by atoms with Gasteiger partial charge in [0.1, 0.15) is 11.4 Å². The van der Waals surface area contributed by atoms with Gasteiger partial charge >= 0.3 is 0 Å². The SMILES string of the molecule is Cc1ccc(C(=O)NCc2cc3nc(-c4cccc(N5CC(C)OC(C)C5)n4)ccc3cn2)cc1C1(O)CCCNC1. The van der Waals surface area contributed by atoms with Crippen LogP contribution >= 0.6 is 0 Å². The quantitative estimate of drug-likeness (QED) is 0.320. The van der Waals surface area contributed by atoms with Gasteiger partial charge in [0, 0.05) is 36.8 Å². The van der Waals surface area contributed by atoms with Crippen LogP contribution in [0.1, 0.15) is 53.9 Å². The molecule has 6 rings (SSSR count). The smallest absolute Gasteiger partial charge is 0.251 e. The van der Waals surface area contributed by atoms with Crippen molar-refractivity contribution in [3.8, 4) is 11.4 Å². The highest BCUT2D eigenvalue weighted by atomic mass is 16.5. The largest absolute Gasteiger partial charge is 0.384 e. The van der Waals surface area contributed by atoms with Gasteiger partial charge in [0.25, 0.3) is 5.91 Å². The van der Waals surface area contributed by atoms with Crippen molar-refractivity contribution in [1.29, 1.82) is 0 Å². The molecule has 0 aliphatic carbocycles. The summed E-state index contributed by atoms with van der Waals surface area (Å²) in [6, 6.07) is 17.4. The third-order valence-electron chi connectivity index (χ3n) is 8.16. The maximum atomic E-state index is 13.1. The fourth-order valence-corrected chi connectivity index (χ4v) is 6.06. The number of ether oxygens (including phenoxy) is 1. The normalized spacial score (nSPS) is 22.7. The number of carbonyl (C=O) groups excluding carboxylic acids is 1. The number of pyridine rings is 3. The van der Waals surface area contributed by atoms with Crippen LogP contribution in [0.25, 0.3) is 22.3 Å². The van der Waals surface area contributed by atoms with Gasteiger partial charge in [-0.3, -0.25) is 9.78 Å². The second-order valence-electron chi connectivity index (χ2n) is 11.6. The molecule has 4 aromatic rings. The number of aliphatic hydroxyl groups is 1. The number of hydrogen-bond donors (Lipinski definition) is 3. The molecule has 0 saturated carbocycles. The molecule has 3 unspecified atom stereocenters. The standard InChI is InChI=1S/C33H38N6O3/c1-21-8-9-24(14-27(21)33(41)12-5-13-34-20-33)32(40)36-17-26-15-30-25(16-35-26)10-11-29(37-30)28-6-4-7-31(38-28)39-18-22(2)42-23(3)19-39/h4,6-11,14-16,22-23,34,41H,5,12-13,17-20H2,1-3H3,(H,36,40). The maximum absolute atomic E-state index is 13.1. The van der Waals surface area contributed by atoms with E-state index in [9.17, 15) is 9.90 Å². The summed E-state index contributed by atoms with van der Waals surface area (Å²) in [5.41, 5.74) is 4.42. The van der Waals surface area contributed by atoms with E-state index in [1.807, 2.05) is 55.5 Å². The lowest BCUT2D eigenvalue weighted by Crippen LogP contribution is -2.45. The molecule has 2 fully saturated rings. The molecule has 1 aromatic carbocycles. The molecule has 2 aliphatic rings. The van der Waals surface area contributed by atoms with Crippen LogP contribution in [0.5, 0.6) is 0 Å². The maximum Gasteiger partial charge on any atom is 0.251 e. The average molecular weight is 567 g/mol. The zero-order chi connectivity index (χ0) is 29.3. The molecule has 0 radical (unpaired) electrons. The van der Waals surface area contributed by atoms with Crippen LogP contribution in [0.15, 0.2) is 60.8 Å². The molecule has 2 aliphatic heterocycles. The van der Waals surface area contributed by atoms with Crippen LogP contribution < -0.4 is 15.5 Å². The summed E-state index contributed by atoms with van der Waals surface area (Å²) in [7, 11) is 0. The fraction of sp³-hybridized carbons (Fsp3) is 0.394. The fourth-order valence-electron chi connectivity index (χ4n) is 6.06. The Morgan fingerprint density at radius 2 is 1.90 bits per heavy atom. The molecule has 3 N–H and O–H groups in total. The minimum Gasteiger partial charge on any atom is -0.384 e. The molecule has 2 saturated heterocycles. The summed E-state index contributed by atoms with van der Waals surface area (Å²) in [6.07, 6.45) is 3.65. The van der Waals surface area contributed by atoms with Crippen LogP contribution in [0.3, 0.4) is 0 Å². The molecule has 0 spiro atoms. The average Bonchev–Trinajstić information content (AvgIpc) is 2.99. The van der Waals surface area contributed by atoms with Gasteiger partial charge in [0.05, 0.1) is 41.4 Å². The van der Waals surface area contributed by atoms with E-state index in [1.54, 1.807) is 12.3 Å². The molecule has 9 nitrogen and oxygen atoms in total. The zero-order valence-electron chi connectivity index (χ0n) is 24.4.